The van der Waals surface area contributed by atoms with Gasteiger partial charge in [0.25, 0.3) is 0 Å². The maximum absolute atomic E-state index is 5.67. The summed E-state index contributed by atoms with van der Waals surface area (Å²) in [5.74, 6) is 2.16. The van der Waals surface area contributed by atoms with Crippen molar-refractivity contribution in [1.82, 2.24) is 9.97 Å². The molecule has 0 aliphatic rings. The van der Waals surface area contributed by atoms with Gasteiger partial charge in [-0.05, 0) is 82.1 Å². The maximum atomic E-state index is 5.67. The van der Waals surface area contributed by atoms with E-state index in [1.807, 2.05) is 51.1 Å². The quantitative estimate of drug-likeness (QED) is 0.591. The largest absolute Gasteiger partial charge is 0.491 e. The van der Waals surface area contributed by atoms with Crippen LogP contribution in [0.4, 0.5) is 23.1 Å². The van der Waals surface area contributed by atoms with Gasteiger partial charge in [-0.1, -0.05) is 6.07 Å². The second-order valence-corrected chi connectivity index (χ2v) is 6.96. The maximum Gasteiger partial charge on any atom is 0.229 e. The first-order valence-corrected chi connectivity index (χ1v) is 9.13. The van der Waals surface area contributed by atoms with Gasteiger partial charge in [0.05, 0.1) is 6.10 Å². The van der Waals surface area contributed by atoms with Crippen molar-refractivity contribution >= 4 is 23.1 Å². The van der Waals surface area contributed by atoms with Crippen molar-refractivity contribution < 1.29 is 4.74 Å². The molecule has 0 spiro atoms. The Morgan fingerprint density at radius 2 is 1.48 bits per heavy atom. The highest BCUT2D eigenvalue weighted by Crippen LogP contribution is 2.22. The molecule has 5 heteroatoms. The van der Waals surface area contributed by atoms with E-state index in [0.717, 1.165) is 28.6 Å². The van der Waals surface area contributed by atoms with Gasteiger partial charge in [-0.15, -0.1) is 0 Å². The number of rotatable bonds is 6. The summed E-state index contributed by atoms with van der Waals surface area (Å²) in [4.78, 5) is 9.06. The number of aryl methyl sites for hydroxylation is 3. The number of benzene rings is 2. The molecule has 0 saturated heterocycles. The van der Waals surface area contributed by atoms with Crippen molar-refractivity contribution in [3.05, 3.63) is 65.4 Å². The van der Waals surface area contributed by atoms with Crippen LogP contribution in [0.25, 0.3) is 0 Å². The molecule has 140 valence electrons. The molecule has 0 fully saturated rings. The summed E-state index contributed by atoms with van der Waals surface area (Å²) in [6.45, 7) is 10.2. The second-order valence-electron chi connectivity index (χ2n) is 6.96. The lowest BCUT2D eigenvalue weighted by molar-refractivity contribution is 0.242. The number of nitrogens with one attached hydrogen (secondary N) is 2. The van der Waals surface area contributed by atoms with Gasteiger partial charge in [-0.3, -0.25) is 0 Å². The Morgan fingerprint density at radius 3 is 2.15 bits per heavy atom. The molecule has 2 aromatic carbocycles. The average Bonchev–Trinajstić information content (AvgIpc) is 2.59. The topological polar surface area (TPSA) is 59.1 Å². The van der Waals surface area contributed by atoms with Gasteiger partial charge in [-0.2, -0.15) is 4.98 Å². The second kappa shape index (κ2) is 8.08. The van der Waals surface area contributed by atoms with E-state index in [1.54, 1.807) is 0 Å². The van der Waals surface area contributed by atoms with E-state index in [1.165, 1.54) is 11.1 Å². The molecule has 0 aliphatic heterocycles. The van der Waals surface area contributed by atoms with Crippen LogP contribution in [0.2, 0.25) is 0 Å². The van der Waals surface area contributed by atoms with E-state index < -0.39 is 0 Å². The van der Waals surface area contributed by atoms with Crippen LogP contribution in [-0.4, -0.2) is 16.1 Å². The van der Waals surface area contributed by atoms with E-state index in [0.29, 0.717) is 5.95 Å². The Bertz CT molecular complexity index is 920. The SMILES string of the molecule is Cc1cc(Nc2ccc(C)c(C)c2)nc(Nc2ccc(OC(C)C)cc2)n1. The smallest absolute Gasteiger partial charge is 0.229 e. The number of hydrogen-bond acceptors (Lipinski definition) is 5. The van der Waals surface area contributed by atoms with Crippen LogP contribution in [-0.2, 0) is 0 Å². The van der Waals surface area contributed by atoms with E-state index in [2.05, 4.69) is 52.6 Å². The summed E-state index contributed by atoms with van der Waals surface area (Å²) in [6, 6.07) is 16.0. The summed E-state index contributed by atoms with van der Waals surface area (Å²) in [7, 11) is 0. The van der Waals surface area contributed by atoms with Crippen molar-refractivity contribution in [3.8, 4) is 5.75 Å². The lowest BCUT2D eigenvalue weighted by atomic mass is 10.1. The van der Waals surface area contributed by atoms with Gasteiger partial charge in [-0.25, -0.2) is 4.98 Å². The third kappa shape index (κ3) is 5.20. The number of ether oxygens (including phenoxy) is 1. The first-order chi connectivity index (χ1) is 12.9. The molecule has 0 aliphatic carbocycles. The van der Waals surface area contributed by atoms with E-state index in [9.17, 15) is 0 Å². The fraction of sp³-hybridized carbons (Fsp3) is 0.273. The monoisotopic (exact) mass is 362 g/mol. The van der Waals surface area contributed by atoms with E-state index >= 15 is 0 Å². The summed E-state index contributed by atoms with van der Waals surface area (Å²) < 4.78 is 5.67. The highest BCUT2D eigenvalue weighted by Gasteiger charge is 2.05. The van der Waals surface area contributed by atoms with Gasteiger partial charge in [0, 0.05) is 23.1 Å². The van der Waals surface area contributed by atoms with Crippen LogP contribution in [0.5, 0.6) is 5.75 Å². The fourth-order valence-corrected chi connectivity index (χ4v) is 2.67. The fourth-order valence-electron chi connectivity index (χ4n) is 2.67. The molecule has 3 rings (SSSR count). The van der Waals surface area contributed by atoms with Gasteiger partial charge in [0.2, 0.25) is 5.95 Å². The third-order valence-electron chi connectivity index (χ3n) is 4.12. The van der Waals surface area contributed by atoms with Crippen LogP contribution in [0, 0.1) is 20.8 Å². The van der Waals surface area contributed by atoms with Crippen LogP contribution in [0.15, 0.2) is 48.5 Å². The van der Waals surface area contributed by atoms with Crippen molar-refractivity contribution in [2.24, 2.45) is 0 Å². The zero-order valence-corrected chi connectivity index (χ0v) is 16.5. The molecule has 2 N–H and O–H groups in total. The van der Waals surface area contributed by atoms with E-state index in [4.69, 9.17) is 4.74 Å². The van der Waals surface area contributed by atoms with Crippen molar-refractivity contribution in [1.29, 1.82) is 0 Å². The van der Waals surface area contributed by atoms with Crippen molar-refractivity contribution in [3.63, 3.8) is 0 Å². The first-order valence-electron chi connectivity index (χ1n) is 9.13. The van der Waals surface area contributed by atoms with Crippen LogP contribution in [0.3, 0.4) is 0 Å². The Hall–Kier alpha value is -3.08. The van der Waals surface area contributed by atoms with Gasteiger partial charge >= 0.3 is 0 Å². The molecular weight excluding hydrogens is 336 g/mol. The minimum Gasteiger partial charge on any atom is -0.491 e. The minimum absolute atomic E-state index is 0.156. The Balaban J connectivity index is 1.75. The van der Waals surface area contributed by atoms with Crippen LogP contribution < -0.4 is 15.4 Å². The van der Waals surface area contributed by atoms with Gasteiger partial charge < -0.3 is 15.4 Å². The van der Waals surface area contributed by atoms with Gasteiger partial charge in [0.1, 0.15) is 11.6 Å². The van der Waals surface area contributed by atoms with Crippen molar-refractivity contribution in [2.45, 2.75) is 40.7 Å². The number of aromatic nitrogens is 2. The molecule has 1 heterocycles. The van der Waals surface area contributed by atoms with E-state index in [-0.39, 0.29) is 6.10 Å². The standard InChI is InChI=1S/C22H26N4O/c1-14(2)27-20-10-8-18(9-11-20)25-22-23-17(5)13-21(26-22)24-19-7-6-15(3)16(4)12-19/h6-14H,1-5H3,(H2,23,24,25,26). The minimum atomic E-state index is 0.156. The normalized spacial score (nSPS) is 10.7. The van der Waals surface area contributed by atoms with Crippen LogP contribution >= 0.6 is 0 Å². The summed E-state index contributed by atoms with van der Waals surface area (Å²) in [6.07, 6.45) is 0.156. The number of hydrogen-bond donors (Lipinski definition) is 2. The van der Waals surface area contributed by atoms with Crippen molar-refractivity contribution in [2.75, 3.05) is 10.6 Å². The lowest BCUT2D eigenvalue weighted by Crippen LogP contribution is -2.05. The Morgan fingerprint density at radius 1 is 0.778 bits per heavy atom. The van der Waals surface area contributed by atoms with Gasteiger partial charge in [0.15, 0.2) is 0 Å². The zero-order chi connectivity index (χ0) is 19.4. The highest BCUT2D eigenvalue weighted by molar-refractivity contribution is 5.61. The van der Waals surface area contributed by atoms with Crippen LogP contribution in [0.1, 0.15) is 30.7 Å². The molecular formula is C22H26N4O. The molecule has 0 amide bonds. The molecule has 0 atom stereocenters. The molecule has 27 heavy (non-hydrogen) atoms. The molecule has 3 aromatic rings. The summed E-state index contributed by atoms with van der Waals surface area (Å²) in [5.41, 5.74) is 5.32. The number of nitrogens with zero attached hydrogens (tertiary/aromatic N) is 2. The zero-order valence-electron chi connectivity index (χ0n) is 16.5. The highest BCUT2D eigenvalue weighted by atomic mass is 16.5. The number of anilines is 4. The molecule has 0 saturated carbocycles. The average molecular weight is 362 g/mol. The summed E-state index contributed by atoms with van der Waals surface area (Å²) in [5, 5.41) is 6.61. The predicted molar refractivity (Wildman–Crippen MR) is 111 cm³/mol. The molecule has 0 radical (unpaired) electrons. The molecule has 5 nitrogen and oxygen atoms in total. The predicted octanol–water partition coefficient (Wildman–Crippen LogP) is 5.68. The Labute approximate surface area is 160 Å². The molecule has 0 unspecified atom stereocenters. The summed E-state index contributed by atoms with van der Waals surface area (Å²) >= 11 is 0. The Kier molecular flexibility index (Phi) is 5.60. The first kappa shape index (κ1) is 18.7. The lowest BCUT2D eigenvalue weighted by Gasteiger charge is -2.12. The third-order valence-corrected chi connectivity index (χ3v) is 4.12. The molecule has 1 aromatic heterocycles. The molecule has 0 bridgehead atoms.